The second-order valence-corrected chi connectivity index (χ2v) is 10.8. The lowest BCUT2D eigenvalue weighted by atomic mass is 10.2. The van der Waals surface area contributed by atoms with Gasteiger partial charge in [0.2, 0.25) is 11.8 Å². The number of hydrogen-bond acceptors (Lipinski definition) is 5. The number of carbonyl (C=O) groups excluding carboxylic acids is 2. The number of sulfonamides is 1. The minimum Gasteiger partial charge on any atom is -0.494 e. The maximum Gasteiger partial charge on any atom is 0.264 e. The standard InChI is InChI=1S/C27H28ClN3O5S/c1-2-36-24-12-10-22(11-13-24)31(37(34,35)25-14-8-21(28)9-15-25)19-26(32)29-18-20-5-3-6-23(17-20)30-16-4-7-27(30)33/h3,5-6,8-15,17H,2,4,7,16,18-19H2,1H3,(H,29,32). The zero-order chi connectivity index (χ0) is 26.4. The first-order chi connectivity index (χ1) is 17.8. The number of amides is 2. The maximum absolute atomic E-state index is 13.5. The van der Waals surface area contributed by atoms with E-state index in [1.807, 2.05) is 31.2 Å². The van der Waals surface area contributed by atoms with Gasteiger partial charge in [0.25, 0.3) is 10.0 Å². The van der Waals surface area contributed by atoms with Crippen molar-refractivity contribution in [1.82, 2.24) is 5.32 Å². The van der Waals surface area contributed by atoms with Crippen molar-refractivity contribution in [3.8, 4) is 5.75 Å². The van der Waals surface area contributed by atoms with Crippen LogP contribution < -0.4 is 19.3 Å². The number of halogens is 1. The Morgan fingerprint density at radius 1 is 1.08 bits per heavy atom. The highest BCUT2D eigenvalue weighted by molar-refractivity contribution is 7.92. The summed E-state index contributed by atoms with van der Waals surface area (Å²) in [4.78, 5) is 26.8. The summed E-state index contributed by atoms with van der Waals surface area (Å²) in [6.07, 6.45) is 1.35. The molecule has 8 nitrogen and oxygen atoms in total. The number of anilines is 2. The molecule has 0 spiro atoms. The number of nitrogens with one attached hydrogen (secondary N) is 1. The Labute approximate surface area is 221 Å². The molecule has 1 aliphatic heterocycles. The Morgan fingerprint density at radius 2 is 1.81 bits per heavy atom. The molecule has 194 valence electrons. The van der Waals surface area contributed by atoms with Crippen LogP contribution in [-0.4, -0.2) is 39.9 Å². The molecule has 1 aliphatic rings. The summed E-state index contributed by atoms with van der Waals surface area (Å²) in [5, 5.41) is 3.20. The summed E-state index contributed by atoms with van der Waals surface area (Å²) in [5.74, 6) is 0.199. The van der Waals surface area contributed by atoms with E-state index < -0.39 is 22.5 Å². The molecule has 3 aromatic carbocycles. The Bertz CT molecular complexity index is 1360. The maximum atomic E-state index is 13.5. The lowest BCUT2D eigenvalue weighted by molar-refractivity contribution is -0.120. The molecule has 37 heavy (non-hydrogen) atoms. The van der Waals surface area contributed by atoms with Crippen LogP contribution in [0.15, 0.2) is 77.7 Å². The van der Waals surface area contributed by atoms with Crippen LogP contribution in [0.25, 0.3) is 0 Å². The van der Waals surface area contributed by atoms with Crippen molar-refractivity contribution in [3.63, 3.8) is 0 Å². The Balaban J connectivity index is 1.52. The SMILES string of the molecule is CCOc1ccc(N(CC(=O)NCc2cccc(N3CCCC3=O)c2)S(=O)(=O)c2ccc(Cl)cc2)cc1. The van der Waals surface area contributed by atoms with Crippen molar-refractivity contribution < 1.29 is 22.7 Å². The fourth-order valence-corrected chi connectivity index (χ4v) is 5.61. The van der Waals surface area contributed by atoms with E-state index in [9.17, 15) is 18.0 Å². The molecule has 0 unspecified atom stereocenters. The van der Waals surface area contributed by atoms with Crippen LogP contribution >= 0.6 is 11.6 Å². The molecular weight excluding hydrogens is 514 g/mol. The first-order valence-electron chi connectivity index (χ1n) is 11.9. The molecule has 0 atom stereocenters. The van der Waals surface area contributed by atoms with E-state index in [1.54, 1.807) is 29.2 Å². The Hall–Kier alpha value is -3.56. The number of hydrogen-bond donors (Lipinski definition) is 1. The molecule has 0 saturated carbocycles. The monoisotopic (exact) mass is 541 g/mol. The Kier molecular flexibility index (Phi) is 8.35. The van der Waals surface area contributed by atoms with E-state index in [0.717, 1.165) is 22.0 Å². The highest BCUT2D eigenvalue weighted by Gasteiger charge is 2.27. The molecule has 3 aromatic rings. The fraction of sp³-hybridized carbons (Fsp3) is 0.259. The lowest BCUT2D eigenvalue weighted by Gasteiger charge is -2.24. The predicted octanol–water partition coefficient (Wildman–Crippen LogP) is 4.38. The number of benzene rings is 3. The van der Waals surface area contributed by atoms with E-state index >= 15 is 0 Å². The molecule has 0 bridgehead atoms. The zero-order valence-electron chi connectivity index (χ0n) is 20.4. The van der Waals surface area contributed by atoms with Crippen LogP contribution in [0.1, 0.15) is 25.3 Å². The van der Waals surface area contributed by atoms with Gasteiger partial charge in [-0.2, -0.15) is 0 Å². The lowest BCUT2D eigenvalue weighted by Crippen LogP contribution is -2.40. The van der Waals surface area contributed by atoms with Crippen molar-refractivity contribution in [2.75, 3.05) is 28.9 Å². The molecule has 1 heterocycles. The average Bonchev–Trinajstić information content (AvgIpc) is 3.33. The van der Waals surface area contributed by atoms with Crippen LogP contribution in [0.3, 0.4) is 0 Å². The van der Waals surface area contributed by atoms with Gasteiger partial charge in [-0.15, -0.1) is 0 Å². The van der Waals surface area contributed by atoms with E-state index in [2.05, 4.69) is 5.32 Å². The third-order valence-electron chi connectivity index (χ3n) is 5.91. The van der Waals surface area contributed by atoms with Crippen LogP contribution in [0.5, 0.6) is 5.75 Å². The molecule has 0 aliphatic carbocycles. The minimum atomic E-state index is -4.07. The summed E-state index contributed by atoms with van der Waals surface area (Å²) in [6.45, 7) is 2.76. The highest BCUT2D eigenvalue weighted by atomic mass is 35.5. The number of ether oxygens (including phenoxy) is 1. The van der Waals surface area contributed by atoms with E-state index in [0.29, 0.717) is 36.0 Å². The van der Waals surface area contributed by atoms with Crippen LogP contribution in [0, 0.1) is 0 Å². The molecule has 4 rings (SSSR count). The van der Waals surface area contributed by atoms with Gasteiger partial charge in [0, 0.05) is 30.2 Å². The van der Waals surface area contributed by atoms with Gasteiger partial charge in [-0.3, -0.25) is 13.9 Å². The van der Waals surface area contributed by atoms with Gasteiger partial charge in [-0.05, 0) is 79.6 Å². The van der Waals surface area contributed by atoms with Crippen LogP contribution in [0.2, 0.25) is 5.02 Å². The van der Waals surface area contributed by atoms with Gasteiger partial charge >= 0.3 is 0 Å². The second-order valence-electron chi connectivity index (χ2n) is 8.49. The number of nitrogens with zero attached hydrogens (tertiary/aromatic N) is 2. The fourth-order valence-electron chi connectivity index (χ4n) is 4.07. The van der Waals surface area contributed by atoms with E-state index in [-0.39, 0.29) is 17.3 Å². The summed E-state index contributed by atoms with van der Waals surface area (Å²) < 4.78 is 33.6. The largest absolute Gasteiger partial charge is 0.494 e. The quantitative estimate of drug-likeness (QED) is 0.411. The molecule has 1 saturated heterocycles. The van der Waals surface area contributed by atoms with Gasteiger partial charge < -0.3 is 15.0 Å². The molecule has 2 amide bonds. The van der Waals surface area contributed by atoms with Gasteiger partial charge in [0.05, 0.1) is 17.2 Å². The van der Waals surface area contributed by atoms with Crippen LogP contribution in [0.4, 0.5) is 11.4 Å². The van der Waals surface area contributed by atoms with Gasteiger partial charge in [0.1, 0.15) is 12.3 Å². The van der Waals surface area contributed by atoms with Crippen molar-refractivity contribution >= 4 is 44.8 Å². The second kappa shape index (κ2) is 11.7. The summed E-state index contributed by atoms with van der Waals surface area (Å²) >= 11 is 5.94. The smallest absolute Gasteiger partial charge is 0.264 e. The Morgan fingerprint density at radius 3 is 2.46 bits per heavy atom. The van der Waals surface area contributed by atoms with Crippen molar-refractivity contribution in [2.24, 2.45) is 0 Å². The van der Waals surface area contributed by atoms with Crippen molar-refractivity contribution in [3.05, 3.63) is 83.4 Å². The molecular formula is C27H28ClN3O5S. The normalized spacial score (nSPS) is 13.5. The molecule has 0 aromatic heterocycles. The van der Waals surface area contributed by atoms with Crippen molar-refractivity contribution in [1.29, 1.82) is 0 Å². The highest BCUT2D eigenvalue weighted by Crippen LogP contribution is 2.27. The summed E-state index contributed by atoms with van der Waals surface area (Å²) in [6, 6.07) is 19.7. The first kappa shape index (κ1) is 26.5. The summed E-state index contributed by atoms with van der Waals surface area (Å²) in [7, 11) is -4.07. The van der Waals surface area contributed by atoms with Crippen LogP contribution in [-0.2, 0) is 26.2 Å². The van der Waals surface area contributed by atoms with Gasteiger partial charge in [-0.25, -0.2) is 8.42 Å². The molecule has 1 fully saturated rings. The summed E-state index contributed by atoms with van der Waals surface area (Å²) in [5.41, 5.74) is 1.91. The van der Waals surface area contributed by atoms with Crippen molar-refractivity contribution in [2.45, 2.75) is 31.2 Å². The zero-order valence-corrected chi connectivity index (χ0v) is 22.0. The minimum absolute atomic E-state index is 0.0153. The molecule has 10 heteroatoms. The number of carbonyl (C=O) groups is 2. The third-order valence-corrected chi connectivity index (χ3v) is 7.95. The van der Waals surface area contributed by atoms with Gasteiger partial charge in [0.15, 0.2) is 0 Å². The average molecular weight is 542 g/mol. The van der Waals surface area contributed by atoms with E-state index in [4.69, 9.17) is 16.3 Å². The third kappa shape index (κ3) is 6.42. The van der Waals surface area contributed by atoms with E-state index in [1.165, 1.54) is 24.3 Å². The first-order valence-corrected chi connectivity index (χ1v) is 13.8. The number of rotatable bonds is 10. The molecule has 1 N–H and O–H groups in total. The topological polar surface area (TPSA) is 96.0 Å². The molecule has 0 radical (unpaired) electrons. The van der Waals surface area contributed by atoms with Gasteiger partial charge in [-0.1, -0.05) is 23.7 Å². The predicted molar refractivity (Wildman–Crippen MR) is 143 cm³/mol.